The lowest BCUT2D eigenvalue weighted by Gasteiger charge is -2.11. The van der Waals surface area contributed by atoms with E-state index >= 15 is 0 Å². The maximum Gasteiger partial charge on any atom is 0.129 e. The summed E-state index contributed by atoms with van der Waals surface area (Å²) in [5.74, 6) is 3.43. The van der Waals surface area contributed by atoms with Crippen LogP contribution in [0.2, 0.25) is 0 Å². The molecule has 3 rings (SSSR count). The first-order valence-electron chi connectivity index (χ1n) is 7.05. The molecule has 0 spiro atoms. The van der Waals surface area contributed by atoms with Crippen molar-refractivity contribution < 1.29 is 4.74 Å². The molecule has 0 aliphatic heterocycles. The molecule has 22 heavy (non-hydrogen) atoms. The molecule has 1 aromatic heterocycles. The number of ether oxygens (including phenoxy) is 1. The topological polar surface area (TPSA) is 22.1 Å². The number of aromatic nitrogens is 1. The van der Waals surface area contributed by atoms with Gasteiger partial charge in [-0.2, -0.15) is 0 Å². The predicted molar refractivity (Wildman–Crippen MR) is 88.4 cm³/mol. The Morgan fingerprint density at radius 1 is 0.955 bits per heavy atom. The third kappa shape index (κ3) is 3.16. The van der Waals surface area contributed by atoms with Crippen molar-refractivity contribution in [2.24, 2.45) is 0 Å². The molecule has 0 unspecified atom stereocenters. The fraction of sp³-hybridized carbons (Fsp3) is 0.0500. The first-order chi connectivity index (χ1) is 10.9. The monoisotopic (exact) mass is 285 g/mol. The summed E-state index contributed by atoms with van der Waals surface area (Å²) >= 11 is 0. The molecule has 2 heteroatoms. The number of benzene rings is 2. The van der Waals surface area contributed by atoms with E-state index in [1.807, 2.05) is 66.7 Å². The highest BCUT2D eigenvalue weighted by molar-refractivity contribution is 5.68. The Balaban J connectivity index is 1.88. The zero-order valence-electron chi connectivity index (χ0n) is 12.1. The van der Waals surface area contributed by atoms with Gasteiger partial charge in [0.15, 0.2) is 0 Å². The number of para-hydroxylation sites is 1. The van der Waals surface area contributed by atoms with Gasteiger partial charge in [-0.05, 0) is 29.8 Å². The van der Waals surface area contributed by atoms with Crippen LogP contribution in [0.25, 0.3) is 11.3 Å². The number of hydrogen-bond acceptors (Lipinski definition) is 2. The van der Waals surface area contributed by atoms with E-state index in [2.05, 4.69) is 10.9 Å². The summed E-state index contributed by atoms with van der Waals surface area (Å²) in [7, 11) is 0. The first-order valence-corrected chi connectivity index (χ1v) is 7.05. The number of rotatable bonds is 4. The molecule has 0 saturated carbocycles. The van der Waals surface area contributed by atoms with Crippen LogP contribution in [0, 0.1) is 12.3 Å². The van der Waals surface area contributed by atoms with Crippen molar-refractivity contribution in [3.63, 3.8) is 0 Å². The summed E-state index contributed by atoms with van der Waals surface area (Å²) in [6.45, 7) is 0.521. The van der Waals surface area contributed by atoms with Gasteiger partial charge in [0.2, 0.25) is 0 Å². The van der Waals surface area contributed by atoms with Crippen LogP contribution in [0.5, 0.6) is 5.75 Å². The van der Waals surface area contributed by atoms with Gasteiger partial charge in [0, 0.05) is 17.3 Å². The SMILES string of the molecule is C#Cc1ccnc(-c2ccccc2OCc2ccccc2)c1. The van der Waals surface area contributed by atoms with E-state index in [1.165, 1.54) is 0 Å². The highest BCUT2D eigenvalue weighted by Gasteiger charge is 2.07. The van der Waals surface area contributed by atoms with Crippen molar-refractivity contribution in [2.45, 2.75) is 6.61 Å². The van der Waals surface area contributed by atoms with Gasteiger partial charge in [-0.25, -0.2) is 0 Å². The second-order valence-electron chi connectivity index (χ2n) is 4.84. The Hall–Kier alpha value is -3.05. The summed E-state index contributed by atoms with van der Waals surface area (Å²) in [5.41, 5.74) is 3.69. The molecule has 0 radical (unpaired) electrons. The van der Waals surface area contributed by atoms with E-state index in [1.54, 1.807) is 6.20 Å². The summed E-state index contributed by atoms with van der Waals surface area (Å²) in [6.07, 6.45) is 7.18. The molecule has 2 nitrogen and oxygen atoms in total. The molecule has 3 aromatic rings. The van der Waals surface area contributed by atoms with Gasteiger partial charge >= 0.3 is 0 Å². The molecule has 0 bridgehead atoms. The van der Waals surface area contributed by atoms with Crippen molar-refractivity contribution in [3.05, 3.63) is 84.1 Å². The minimum atomic E-state index is 0.521. The lowest BCUT2D eigenvalue weighted by molar-refractivity contribution is 0.307. The van der Waals surface area contributed by atoms with Crippen LogP contribution in [-0.4, -0.2) is 4.98 Å². The van der Waals surface area contributed by atoms with Crippen LogP contribution in [-0.2, 0) is 6.61 Å². The Morgan fingerprint density at radius 2 is 1.73 bits per heavy atom. The van der Waals surface area contributed by atoms with Crippen LogP contribution in [0.15, 0.2) is 72.9 Å². The van der Waals surface area contributed by atoms with Gasteiger partial charge in [-0.15, -0.1) is 6.42 Å². The van der Waals surface area contributed by atoms with E-state index in [9.17, 15) is 0 Å². The Morgan fingerprint density at radius 3 is 2.55 bits per heavy atom. The van der Waals surface area contributed by atoms with Crippen LogP contribution in [0.4, 0.5) is 0 Å². The van der Waals surface area contributed by atoms with Crippen molar-refractivity contribution in [1.82, 2.24) is 4.98 Å². The molecule has 0 aliphatic carbocycles. The minimum absolute atomic E-state index is 0.521. The van der Waals surface area contributed by atoms with Crippen LogP contribution >= 0.6 is 0 Å². The fourth-order valence-corrected chi connectivity index (χ4v) is 2.21. The quantitative estimate of drug-likeness (QED) is 0.666. The van der Waals surface area contributed by atoms with E-state index in [0.717, 1.165) is 28.1 Å². The van der Waals surface area contributed by atoms with E-state index in [4.69, 9.17) is 11.2 Å². The maximum absolute atomic E-state index is 5.96. The summed E-state index contributed by atoms with van der Waals surface area (Å²) in [4.78, 5) is 4.40. The smallest absolute Gasteiger partial charge is 0.129 e. The second-order valence-corrected chi connectivity index (χ2v) is 4.84. The van der Waals surface area contributed by atoms with Gasteiger partial charge < -0.3 is 4.74 Å². The molecule has 0 fully saturated rings. The number of hydrogen-bond donors (Lipinski definition) is 0. The first kappa shape index (κ1) is 13.9. The summed E-state index contributed by atoms with van der Waals surface area (Å²) < 4.78 is 5.96. The molecule has 0 atom stereocenters. The molecule has 0 aliphatic rings. The lowest BCUT2D eigenvalue weighted by Crippen LogP contribution is -1.97. The van der Waals surface area contributed by atoms with E-state index in [-0.39, 0.29) is 0 Å². The third-order valence-electron chi connectivity index (χ3n) is 3.33. The molecular formula is C20H15NO. The van der Waals surface area contributed by atoms with Gasteiger partial charge in [0.1, 0.15) is 12.4 Å². The zero-order valence-corrected chi connectivity index (χ0v) is 12.1. The summed E-state index contributed by atoms with van der Waals surface area (Å²) in [5, 5.41) is 0. The molecule has 2 aromatic carbocycles. The summed E-state index contributed by atoms with van der Waals surface area (Å²) in [6, 6.07) is 21.6. The normalized spacial score (nSPS) is 9.95. The molecule has 0 amide bonds. The molecule has 0 saturated heterocycles. The highest BCUT2D eigenvalue weighted by Crippen LogP contribution is 2.29. The predicted octanol–water partition coefficient (Wildman–Crippen LogP) is 4.31. The van der Waals surface area contributed by atoms with Crippen molar-refractivity contribution >= 4 is 0 Å². The van der Waals surface area contributed by atoms with Crippen molar-refractivity contribution in [1.29, 1.82) is 0 Å². The maximum atomic E-state index is 5.96. The van der Waals surface area contributed by atoms with E-state index < -0.39 is 0 Å². The van der Waals surface area contributed by atoms with Gasteiger partial charge in [-0.3, -0.25) is 4.98 Å². The molecule has 106 valence electrons. The number of pyridine rings is 1. The van der Waals surface area contributed by atoms with Gasteiger partial charge in [0.05, 0.1) is 5.69 Å². The van der Waals surface area contributed by atoms with Gasteiger partial charge in [0.25, 0.3) is 0 Å². The molecule has 0 N–H and O–H groups in total. The average Bonchev–Trinajstić information content (AvgIpc) is 2.61. The van der Waals surface area contributed by atoms with Gasteiger partial charge in [-0.1, -0.05) is 48.4 Å². The van der Waals surface area contributed by atoms with Crippen LogP contribution in [0.1, 0.15) is 11.1 Å². The fourth-order valence-electron chi connectivity index (χ4n) is 2.21. The Kier molecular flexibility index (Phi) is 4.17. The Bertz CT molecular complexity index is 803. The average molecular weight is 285 g/mol. The molecular weight excluding hydrogens is 270 g/mol. The number of terminal acetylenes is 1. The second kappa shape index (κ2) is 6.60. The van der Waals surface area contributed by atoms with E-state index in [0.29, 0.717) is 6.61 Å². The minimum Gasteiger partial charge on any atom is -0.488 e. The highest BCUT2D eigenvalue weighted by atomic mass is 16.5. The lowest BCUT2D eigenvalue weighted by atomic mass is 10.1. The van der Waals surface area contributed by atoms with Crippen molar-refractivity contribution in [3.8, 4) is 29.4 Å². The number of nitrogens with zero attached hydrogens (tertiary/aromatic N) is 1. The van der Waals surface area contributed by atoms with Crippen LogP contribution in [0.3, 0.4) is 0 Å². The van der Waals surface area contributed by atoms with Crippen LogP contribution < -0.4 is 4.74 Å². The van der Waals surface area contributed by atoms with Crippen molar-refractivity contribution in [2.75, 3.05) is 0 Å². The Labute approximate surface area is 130 Å². The third-order valence-corrected chi connectivity index (χ3v) is 3.33. The molecule has 1 heterocycles. The largest absolute Gasteiger partial charge is 0.488 e. The zero-order chi connectivity index (χ0) is 15.2. The standard InChI is InChI=1S/C20H15NO/c1-2-16-12-13-21-19(14-16)18-10-6-7-11-20(18)22-15-17-8-4-3-5-9-17/h1,3-14H,15H2.